The van der Waals surface area contributed by atoms with E-state index in [2.05, 4.69) is 5.32 Å². The van der Waals surface area contributed by atoms with Crippen molar-refractivity contribution in [1.29, 1.82) is 0 Å². The number of nitro groups is 1. The molecule has 132 valence electrons. The number of nitrogens with zero attached hydrogens (tertiary/aromatic N) is 1. The Morgan fingerprint density at radius 1 is 1.32 bits per heavy atom. The summed E-state index contributed by atoms with van der Waals surface area (Å²) < 4.78 is 10.3. The highest BCUT2D eigenvalue weighted by atomic mass is 32.1. The lowest BCUT2D eigenvalue weighted by atomic mass is 10.2. The fourth-order valence-corrected chi connectivity index (χ4v) is 2.83. The van der Waals surface area contributed by atoms with Crippen molar-refractivity contribution in [2.75, 3.05) is 18.5 Å². The van der Waals surface area contributed by atoms with Gasteiger partial charge in [0.1, 0.15) is 10.8 Å². The first-order chi connectivity index (χ1) is 11.9. The number of esters is 1. The Bertz CT molecular complexity index is 802. The molecule has 0 aliphatic rings. The van der Waals surface area contributed by atoms with E-state index in [4.69, 9.17) is 9.47 Å². The third kappa shape index (κ3) is 4.54. The predicted molar refractivity (Wildman–Crippen MR) is 92.2 cm³/mol. The summed E-state index contributed by atoms with van der Waals surface area (Å²) in [6.45, 7) is 3.13. The molecule has 2 rings (SSSR count). The van der Waals surface area contributed by atoms with E-state index in [-0.39, 0.29) is 30.2 Å². The molecule has 0 unspecified atom stereocenters. The summed E-state index contributed by atoms with van der Waals surface area (Å²) in [6.07, 6.45) is 0. The van der Waals surface area contributed by atoms with Crippen molar-refractivity contribution in [2.24, 2.45) is 0 Å². The van der Waals surface area contributed by atoms with Crippen LogP contribution in [0.25, 0.3) is 0 Å². The fraction of sp³-hybridized carbons (Fsp3) is 0.250. The third-order valence-corrected chi connectivity index (χ3v) is 4.05. The first-order valence-corrected chi connectivity index (χ1v) is 8.23. The van der Waals surface area contributed by atoms with Gasteiger partial charge in [-0.05, 0) is 31.4 Å². The van der Waals surface area contributed by atoms with Crippen molar-refractivity contribution in [3.63, 3.8) is 0 Å². The van der Waals surface area contributed by atoms with Crippen molar-refractivity contribution < 1.29 is 24.0 Å². The molecule has 0 saturated heterocycles. The smallest absolute Gasteiger partial charge is 0.341 e. The zero-order chi connectivity index (χ0) is 18.4. The standard InChI is InChI=1S/C16H16N2O6S/c1-3-23-16(20)11-7-8-25-15(11)17-14(19)9-24-13-6-4-5-12(10(13)2)18(21)22/h4-8H,3,9H2,1-2H3,(H,17,19). The third-order valence-electron chi connectivity index (χ3n) is 3.22. The lowest BCUT2D eigenvalue weighted by Gasteiger charge is -2.10. The second-order valence-electron chi connectivity index (χ2n) is 4.88. The quantitative estimate of drug-likeness (QED) is 0.459. The van der Waals surface area contributed by atoms with Crippen LogP contribution in [0.1, 0.15) is 22.8 Å². The largest absolute Gasteiger partial charge is 0.483 e. The van der Waals surface area contributed by atoms with Crippen LogP contribution in [0.5, 0.6) is 5.75 Å². The normalized spacial score (nSPS) is 10.2. The molecule has 0 fully saturated rings. The summed E-state index contributed by atoms with van der Waals surface area (Å²) in [6, 6.07) is 5.95. The number of carbonyl (C=O) groups excluding carboxylic acids is 2. The second kappa shape index (κ2) is 8.25. The second-order valence-corrected chi connectivity index (χ2v) is 5.79. The number of hydrogen-bond acceptors (Lipinski definition) is 7. The fourth-order valence-electron chi connectivity index (χ4n) is 2.04. The van der Waals surface area contributed by atoms with Crippen molar-refractivity contribution in [3.8, 4) is 5.75 Å². The maximum atomic E-state index is 12.0. The van der Waals surface area contributed by atoms with Gasteiger partial charge in [-0.1, -0.05) is 6.07 Å². The topological polar surface area (TPSA) is 108 Å². The van der Waals surface area contributed by atoms with E-state index in [0.717, 1.165) is 0 Å². The Hall–Kier alpha value is -2.94. The van der Waals surface area contributed by atoms with Gasteiger partial charge >= 0.3 is 5.97 Å². The van der Waals surface area contributed by atoms with Gasteiger partial charge in [0.25, 0.3) is 11.6 Å². The minimum Gasteiger partial charge on any atom is -0.483 e. The Morgan fingerprint density at radius 3 is 2.76 bits per heavy atom. The van der Waals surface area contributed by atoms with Crippen LogP contribution in [0, 0.1) is 17.0 Å². The molecule has 8 nitrogen and oxygen atoms in total. The minimum absolute atomic E-state index is 0.0826. The van der Waals surface area contributed by atoms with E-state index in [9.17, 15) is 19.7 Å². The van der Waals surface area contributed by atoms with E-state index in [1.807, 2.05) is 0 Å². The van der Waals surface area contributed by atoms with Crippen molar-refractivity contribution in [2.45, 2.75) is 13.8 Å². The number of carbonyl (C=O) groups is 2. The number of nitro benzene ring substituents is 1. The molecule has 1 heterocycles. The van der Waals surface area contributed by atoms with Crippen LogP contribution < -0.4 is 10.1 Å². The summed E-state index contributed by atoms with van der Waals surface area (Å²) in [4.78, 5) is 34.2. The molecular formula is C16H16N2O6S. The predicted octanol–water partition coefficient (Wildman–Crippen LogP) is 3.16. The van der Waals surface area contributed by atoms with Crippen LogP contribution in [-0.4, -0.2) is 30.0 Å². The van der Waals surface area contributed by atoms with Crippen LogP contribution in [0.4, 0.5) is 10.7 Å². The molecule has 0 aliphatic heterocycles. The van der Waals surface area contributed by atoms with Gasteiger partial charge in [0.15, 0.2) is 6.61 Å². The SMILES string of the molecule is CCOC(=O)c1ccsc1NC(=O)COc1cccc([N+](=O)[O-])c1C. The van der Waals surface area contributed by atoms with Crippen LogP contribution in [0.15, 0.2) is 29.6 Å². The molecule has 0 radical (unpaired) electrons. The highest BCUT2D eigenvalue weighted by Gasteiger charge is 2.18. The lowest BCUT2D eigenvalue weighted by molar-refractivity contribution is -0.385. The van der Waals surface area contributed by atoms with Crippen molar-refractivity contribution in [1.82, 2.24) is 0 Å². The van der Waals surface area contributed by atoms with Gasteiger partial charge in [0, 0.05) is 6.07 Å². The molecule has 0 bridgehead atoms. The maximum absolute atomic E-state index is 12.0. The molecule has 9 heteroatoms. The van der Waals surface area contributed by atoms with Crippen LogP contribution in [0.2, 0.25) is 0 Å². The molecule has 1 amide bonds. The zero-order valence-corrected chi connectivity index (χ0v) is 14.4. The van der Waals surface area contributed by atoms with Crippen LogP contribution in [-0.2, 0) is 9.53 Å². The first-order valence-electron chi connectivity index (χ1n) is 7.35. The Balaban J connectivity index is 2.01. The number of benzene rings is 1. The van der Waals surface area contributed by atoms with E-state index >= 15 is 0 Å². The van der Waals surface area contributed by atoms with Crippen LogP contribution in [0.3, 0.4) is 0 Å². The molecule has 1 N–H and O–H groups in total. The average Bonchev–Trinajstić information content (AvgIpc) is 3.02. The number of hydrogen-bond donors (Lipinski definition) is 1. The van der Waals surface area contributed by atoms with E-state index < -0.39 is 16.8 Å². The molecule has 0 aliphatic carbocycles. The van der Waals surface area contributed by atoms with E-state index in [1.54, 1.807) is 31.4 Å². The highest BCUT2D eigenvalue weighted by molar-refractivity contribution is 7.14. The lowest BCUT2D eigenvalue weighted by Crippen LogP contribution is -2.21. The Morgan fingerprint density at radius 2 is 2.08 bits per heavy atom. The maximum Gasteiger partial charge on any atom is 0.341 e. The summed E-state index contributed by atoms with van der Waals surface area (Å²) >= 11 is 1.19. The summed E-state index contributed by atoms with van der Waals surface area (Å²) in [5.41, 5.74) is 0.524. The molecule has 2 aromatic rings. The van der Waals surface area contributed by atoms with Crippen LogP contribution >= 0.6 is 11.3 Å². The summed E-state index contributed by atoms with van der Waals surface area (Å²) in [5.74, 6) is -0.755. The number of anilines is 1. The number of ether oxygens (including phenoxy) is 2. The molecule has 1 aromatic heterocycles. The van der Waals surface area contributed by atoms with Gasteiger partial charge in [-0.15, -0.1) is 11.3 Å². The molecule has 1 aromatic carbocycles. The summed E-state index contributed by atoms with van der Waals surface area (Å²) in [7, 11) is 0. The van der Waals surface area contributed by atoms with Gasteiger partial charge in [-0.3, -0.25) is 14.9 Å². The Labute approximate surface area is 147 Å². The zero-order valence-electron chi connectivity index (χ0n) is 13.6. The monoisotopic (exact) mass is 364 g/mol. The van der Waals surface area contributed by atoms with E-state index in [0.29, 0.717) is 10.6 Å². The van der Waals surface area contributed by atoms with Gasteiger partial charge in [-0.25, -0.2) is 4.79 Å². The Kier molecular flexibility index (Phi) is 6.07. The summed E-state index contributed by atoms with van der Waals surface area (Å²) in [5, 5.41) is 15.5. The van der Waals surface area contributed by atoms with Gasteiger partial charge < -0.3 is 14.8 Å². The average molecular weight is 364 g/mol. The van der Waals surface area contributed by atoms with Crippen molar-refractivity contribution >= 4 is 33.9 Å². The molecule has 0 spiro atoms. The molecule has 0 atom stereocenters. The first kappa shape index (κ1) is 18.4. The number of nitrogens with one attached hydrogen (secondary N) is 1. The number of amides is 1. The molecule has 25 heavy (non-hydrogen) atoms. The number of thiophene rings is 1. The highest BCUT2D eigenvalue weighted by Crippen LogP contribution is 2.27. The minimum atomic E-state index is -0.519. The van der Waals surface area contributed by atoms with Gasteiger partial charge in [-0.2, -0.15) is 0 Å². The van der Waals surface area contributed by atoms with Crippen molar-refractivity contribution in [3.05, 3.63) is 50.9 Å². The van der Waals surface area contributed by atoms with E-state index in [1.165, 1.54) is 23.5 Å². The van der Waals surface area contributed by atoms with Gasteiger partial charge in [0.05, 0.1) is 22.7 Å². The number of rotatable bonds is 7. The molecule has 0 saturated carbocycles. The molecular weight excluding hydrogens is 348 g/mol. The van der Waals surface area contributed by atoms with Gasteiger partial charge in [0.2, 0.25) is 0 Å².